The summed E-state index contributed by atoms with van der Waals surface area (Å²) >= 11 is 0. The Morgan fingerprint density at radius 2 is 1.90 bits per heavy atom. The highest BCUT2D eigenvalue weighted by Gasteiger charge is 2.73. The van der Waals surface area contributed by atoms with Crippen LogP contribution in [0.3, 0.4) is 0 Å². The van der Waals surface area contributed by atoms with E-state index in [1.807, 2.05) is 13.1 Å². The van der Waals surface area contributed by atoms with Crippen molar-refractivity contribution in [2.24, 2.45) is 58.7 Å². The van der Waals surface area contributed by atoms with Crippen LogP contribution < -0.4 is 0 Å². The van der Waals surface area contributed by atoms with Gasteiger partial charge in [-0.3, -0.25) is 4.79 Å². The molecular weight excluding hydrogens is 374 g/mol. The van der Waals surface area contributed by atoms with Gasteiger partial charge in [0, 0.05) is 12.1 Å². The molecule has 0 aromatic carbocycles. The summed E-state index contributed by atoms with van der Waals surface area (Å²) in [4.78, 5) is 13.5. The highest BCUT2D eigenvalue weighted by molar-refractivity contribution is 5.83. The number of fused-ring (bicyclic) bond motifs is 7. The molecule has 0 bridgehead atoms. The van der Waals surface area contributed by atoms with Crippen LogP contribution in [0.1, 0.15) is 65.7 Å². The Hall–Kier alpha value is -1.23. The van der Waals surface area contributed by atoms with Crippen LogP contribution in [0.4, 0.5) is 0 Å². The van der Waals surface area contributed by atoms with E-state index in [2.05, 4.69) is 24.2 Å². The smallest absolute Gasteiger partial charge is 0.158 e. The molecule has 11 atom stereocenters. The minimum absolute atomic E-state index is 0.174. The predicted octanol–water partition coefficient (Wildman–Crippen LogP) is 3.97. The van der Waals surface area contributed by atoms with Crippen molar-refractivity contribution in [2.45, 2.75) is 77.9 Å². The standard InChI is InChI=1S/C25H37N3O2/c1-14-20-21(14)23(19(29)13-28-11-10-26-27-28)25(3)9-7-17-16-6-8-24(2,30)12-15(16)4-5-18(17)22(20)25/h10-11,14-18,20-23,30H,4-9,12-13H2,1-3H3/t14?,15-,16+,17-,18-,20?,21?,22-,23+,24-,25+/m1/s1. The molecule has 0 radical (unpaired) electrons. The van der Waals surface area contributed by atoms with Gasteiger partial charge in [0.05, 0.1) is 11.8 Å². The van der Waals surface area contributed by atoms with Crippen LogP contribution in [0.25, 0.3) is 0 Å². The maximum Gasteiger partial charge on any atom is 0.158 e. The van der Waals surface area contributed by atoms with Crippen LogP contribution in [-0.4, -0.2) is 31.5 Å². The Morgan fingerprint density at radius 1 is 1.10 bits per heavy atom. The van der Waals surface area contributed by atoms with E-state index in [1.54, 1.807) is 10.9 Å². The largest absolute Gasteiger partial charge is 0.390 e. The maximum atomic E-state index is 13.5. The molecule has 0 aliphatic heterocycles. The molecule has 0 saturated heterocycles. The van der Waals surface area contributed by atoms with Crippen molar-refractivity contribution in [3.63, 3.8) is 0 Å². The molecule has 5 nitrogen and oxygen atoms in total. The first-order chi connectivity index (χ1) is 14.3. The number of rotatable bonds is 3. The number of hydrogen-bond acceptors (Lipinski definition) is 4. The van der Waals surface area contributed by atoms with Crippen molar-refractivity contribution in [1.29, 1.82) is 0 Å². The highest BCUT2D eigenvalue weighted by Crippen LogP contribution is 2.76. The lowest BCUT2D eigenvalue weighted by atomic mass is 9.47. The first kappa shape index (κ1) is 19.5. The zero-order valence-electron chi connectivity index (χ0n) is 18.7. The van der Waals surface area contributed by atoms with E-state index in [-0.39, 0.29) is 11.3 Å². The second-order valence-corrected chi connectivity index (χ2v) is 12.2. The lowest BCUT2D eigenvalue weighted by Crippen LogP contribution is -2.52. The molecule has 3 unspecified atom stereocenters. The van der Waals surface area contributed by atoms with Crippen LogP contribution in [0.2, 0.25) is 0 Å². The van der Waals surface area contributed by atoms with Gasteiger partial charge in [0.25, 0.3) is 0 Å². The van der Waals surface area contributed by atoms with Crippen molar-refractivity contribution < 1.29 is 9.90 Å². The Bertz CT molecular complexity index is 835. The highest BCUT2D eigenvalue weighted by atomic mass is 16.3. The molecule has 5 aliphatic carbocycles. The van der Waals surface area contributed by atoms with Crippen molar-refractivity contribution in [3.8, 4) is 0 Å². The molecular formula is C25H37N3O2. The summed E-state index contributed by atoms with van der Waals surface area (Å²) in [7, 11) is 0. The van der Waals surface area contributed by atoms with Gasteiger partial charge in [-0.2, -0.15) is 0 Å². The van der Waals surface area contributed by atoms with Gasteiger partial charge in [-0.25, -0.2) is 4.68 Å². The molecule has 5 heteroatoms. The van der Waals surface area contributed by atoms with Crippen molar-refractivity contribution in [1.82, 2.24) is 15.0 Å². The normalized spacial score (nSPS) is 53.9. The first-order valence-corrected chi connectivity index (χ1v) is 12.4. The van der Waals surface area contributed by atoms with Gasteiger partial charge in [-0.05, 0) is 105 Å². The second kappa shape index (κ2) is 6.40. The van der Waals surface area contributed by atoms with Gasteiger partial charge in [-0.15, -0.1) is 5.10 Å². The van der Waals surface area contributed by atoms with Crippen molar-refractivity contribution >= 4 is 5.78 Å². The van der Waals surface area contributed by atoms with Crippen LogP contribution in [0.5, 0.6) is 0 Å². The first-order valence-electron chi connectivity index (χ1n) is 12.4. The molecule has 30 heavy (non-hydrogen) atoms. The molecule has 5 saturated carbocycles. The third kappa shape index (κ3) is 2.66. The van der Waals surface area contributed by atoms with E-state index in [9.17, 15) is 9.90 Å². The molecule has 164 valence electrons. The van der Waals surface area contributed by atoms with Gasteiger partial charge in [0.15, 0.2) is 5.78 Å². The molecule has 0 spiro atoms. The summed E-state index contributed by atoms with van der Waals surface area (Å²) < 4.78 is 1.71. The van der Waals surface area contributed by atoms with Gasteiger partial charge in [0.2, 0.25) is 0 Å². The van der Waals surface area contributed by atoms with Gasteiger partial charge < -0.3 is 5.11 Å². The van der Waals surface area contributed by atoms with E-state index < -0.39 is 5.60 Å². The minimum atomic E-state index is -0.445. The topological polar surface area (TPSA) is 68.0 Å². The molecule has 6 rings (SSSR count). The summed E-state index contributed by atoms with van der Waals surface area (Å²) in [6.07, 6.45) is 11.8. The predicted molar refractivity (Wildman–Crippen MR) is 113 cm³/mol. The quantitative estimate of drug-likeness (QED) is 0.817. The number of hydrogen-bond donors (Lipinski definition) is 1. The third-order valence-corrected chi connectivity index (χ3v) is 10.7. The number of nitrogens with zero attached hydrogens (tertiary/aromatic N) is 3. The van der Waals surface area contributed by atoms with E-state index >= 15 is 0 Å². The monoisotopic (exact) mass is 411 g/mol. The fourth-order valence-corrected chi connectivity index (χ4v) is 9.66. The Morgan fingerprint density at radius 3 is 2.67 bits per heavy atom. The molecule has 1 N–H and O–H groups in total. The fraction of sp³-hybridized carbons (Fsp3) is 0.880. The van der Waals surface area contributed by atoms with E-state index in [4.69, 9.17) is 0 Å². The lowest BCUT2D eigenvalue weighted by Gasteiger charge is -2.58. The zero-order valence-corrected chi connectivity index (χ0v) is 18.7. The number of ketones is 1. The van der Waals surface area contributed by atoms with E-state index in [0.717, 1.165) is 48.3 Å². The maximum absolute atomic E-state index is 13.5. The second-order valence-electron chi connectivity index (χ2n) is 12.2. The van der Waals surface area contributed by atoms with Crippen molar-refractivity contribution in [2.75, 3.05) is 0 Å². The third-order valence-electron chi connectivity index (χ3n) is 10.7. The molecule has 1 aromatic heterocycles. The Kier molecular flexibility index (Phi) is 4.15. The minimum Gasteiger partial charge on any atom is -0.390 e. The summed E-state index contributed by atoms with van der Waals surface area (Å²) in [5.74, 6) is 6.55. The SMILES string of the molecule is CC1C2C1[C@H]1[C@@H]3CC[C@@H]4C[C@](C)(O)CC[C@@H]4[C@H]3CC[C@]1(C)[C@H]2C(=O)Cn1ccnn1. The summed E-state index contributed by atoms with van der Waals surface area (Å²) in [6.45, 7) is 7.30. The number of carbonyl (C=O) groups excluding carboxylic acids is 1. The fourth-order valence-electron chi connectivity index (χ4n) is 9.66. The lowest BCUT2D eigenvalue weighted by molar-refractivity contribution is -0.137. The average molecular weight is 412 g/mol. The summed E-state index contributed by atoms with van der Waals surface area (Å²) in [5, 5.41) is 18.6. The van der Waals surface area contributed by atoms with Crippen LogP contribution >= 0.6 is 0 Å². The number of Topliss-reactive ketones (excluding diaryl/α,β-unsaturated/α-hetero) is 1. The van der Waals surface area contributed by atoms with Crippen LogP contribution in [-0.2, 0) is 11.3 Å². The van der Waals surface area contributed by atoms with Gasteiger partial charge in [0.1, 0.15) is 6.54 Å². The zero-order chi connectivity index (χ0) is 20.8. The molecule has 0 amide bonds. The summed E-state index contributed by atoms with van der Waals surface area (Å²) in [6, 6.07) is 0. The Labute approximate surface area is 180 Å². The molecule has 1 aromatic rings. The van der Waals surface area contributed by atoms with Gasteiger partial charge in [-0.1, -0.05) is 19.1 Å². The molecule has 5 fully saturated rings. The van der Waals surface area contributed by atoms with Crippen LogP contribution in [0.15, 0.2) is 12.4 Å². The van der Waals surface area contributed by atoms with Crippen molar-refractivity contribution in [3.05, 3.63) is 12.4 Å². The molecule has 1 heterocycles. The molecule has 5 aliphatic rings. The summed E-state index contributed by atoms with van der Waals surface area (Å²) in [5.41, 5.74) is -0.271. The number of carbonyl (C=O) groups is 1. The number of aromatic nitrogens is 3. The van der Waals surface area contributed by atoms with Gasteiger partial charge >= 0.3 is 0 Å². The van der Waals surface area contributed by atoms with E-state index in [1.165, 1.54) is 32.1 Å². The Balaban J connectivity index is 1.27. The average Bonchev–Trinajstić information content (AvgIpc) is 3.06. The van der Waals surface area contributed by atoms with E-state index in [0.29, 0.717) is 24.2 Å². The van der Waals surface area contributed by atoms with Crippen LogP contribution in [0, 0.1) is 58.7 Å². The number of aliphatic hydroxyl groups is 1.